The monoisotopic (exact) mass is 437 g/mol. The Bertz CT molecular complexity index is 990. The Kier molecular flexibility index (Phi) is 6.14. The summed E-state index contributed by atoms with van der Waals surface area (Å²) >= 11 is 0. The molecule has 30 heavy (non-hydrogen) atoms. The zero-order valence-corrected chi connectivity index (χ0v) is 17.5. The van der Waals surface area contributed by atoms with Crippen molar-refractivity contribution in [2.24, 2.45) is 0 Å². The predicted molar refractivity (Wildman–Crippen MR) is 111 cm³/mol. The smallest absolute Gasteiger partial charge is 0.218 e. The van der Waals surface area contributed by atoms with E-state index in [1.54, 1.807) is 6.33 Å². The summed E-state index contributed by atoms with van der Waals surface area (Å²) in [6, 6.07) is 4.82. The molecule has 7 nitrogen and oxygen atoms in total. The van der Waals surface area contributed by atoms with Crippen LogP contribution in [0.1, 0.15) is 24.8 Å². The molecule has 0 radical (unpaired) electrons. The number of benzene rings is 1. The number of piperidine rings is 1. The normalized spacial score (nSPS) is 18.6. The Balaban J connectivity index is 1.40. The maximum absolute atomic E-state index is 13.9. The molecule has 1 aromatic carbocycles. The molecule has 162 valence electrons. The van der Waals surface area contributed by atoms with Crippen molar-refractivity contribution in [3.8, 4) is 0 Å². The van der Waals surface area contributed by atoms with Crippen molar-refractivity contribution in [1.82, 2.24) is 14.3 Å². The lowest BCUT2D eigenvalue weighted by molar-refractivity contribution is 0.382. The van der Waals surface area contributed by atoms with E-state index >= 15 is 0 Å². The summed E-state index contributed by atoms with van der Waals surface area (Å²) in [6.07, 6.45) is 5.10. The summed E-state index contributed by atoms with van der Waals surface area (Å²) < 4.78 is 54.0. The minimum Gasteiger partial charge on any atom is -0.356 e. The van der Waals surface area contributed by atoms with Gasteiger partial charge in [-0.3, -0.25) is 0 Å². The highest BCUT2D eigenvalue weighted by Crippen LogP contribution is 2.23. The van der Waals surface area contributed by atoms with E-state index < -0.39 is 27.4 Å². The SMILES string of the molecule is O=S(=O)(Cc1cc(F)ccc1F)N1CCN(c2cc(N3CCCCC3)ncn2)CC1. The standard InChI is InChI=1S/C20H25F2N5O2S/c21-17-4-5-18(22)16(12-17)14-30(28,29)27-10-8-26(9-11-27)20-13-19(23-15-24-20)25-6-2-1-3-7-25/h4-5,12-13,15H,1-3,6-11,14H2. The molecule has 2 aliphatic rings. The lowest BCUT2D eigenvalue weighted by Gasteiger charge is -2.35. The zero-order chi connectivity index (χ0) is 21.1. The third kappa shape index (κ3) is 4.70. The maximum Gasteiger partial charge on any atom is 0.218 e. The first-order valence-electron chi connectivity index (χ1n) is 10.2. The Morgan fingerprint density at radius 1 is 0.833 bits per heavy atom. The third-order valence-electron chi connectivity index (χ3n) is 5.62. The van der Waals surface area contributed by atoms with Gasteiger partial charge in [-0.25, -0.2) is 27.2 Å². The molecule has 0 spiro atoms. The Morgan fingerprint density at radius 3 is 2.13 bits per heavy atom. The first kappa shape index (κ1) is 20.9. The van der Waals surface area contributed by atoms with Gasteiger partial charge in [-0.05, 0) is 37.5 Å². The Hall–Kier alpha value is -2.33. The lowest BCUT2D eigenvalue weighted by atomic mass is 10.1. The number of nitrogens with zero attached hydrogens (tertiary/aromatic N) is 5. The Labute approximate surface area is 175 Å². The fourth-order valence-electron chi connectivity index (χ4n) is 3.94. The second-order valence-electron chi connectivity index (χ2n) is 7.66. The number of halogens is 2. The van der Waals surface area contributed by atoms with Gasteiger partial charge in [0.2, 0.25) is 10.0 Å². The Morgan fingerprint density at radius 2 is 1.47 bits per heavy atom. The van der Waals surface area contributed by atoms with E-state index in [2.05, 4.69) is 14.9 Å². The van der Waals surface area contributed by atoms with Crippen LogP contribution in [0, 0.1) is 11.6 Å². The van der Waals surface area contributed by atoms with Crippen molar-refractivity contribution in [2.45, 2.75) is 25.0 Å². The molecule has 2 fully saturated rings. The van der Waals surface area contributed by atoms with Crippen LogP contribution in [-0.2, 0) is 15.8 Å². The van der Waals surface area contributed by atoms with Crippen molar-refractivity contribution < 1.29 is 17.2 Å². The van der Waals surface area contributed by atoms with Gasteiger partial charge in [-0.2, -0.15) is 4.31 Å². The molecule has 0 atom stereocenters. The maximum atomic E-state index is 13.9. The van der Waals surface area contributed by atoms with Gasteiger partial charge < -0.3 is 9.80 Å². The van der Waals surface area contributed by atoms with Crippen LogP contribution in [0.25, 0.3) is 0 Å². The predicted octanol–water partition coefficient (Wildman–Crippen LogP) is 2.40. The van der Waals surface area contributed by atoms with Gasteiger partial charge in [0.05, 0.1) is 5.75 Å². The summed E-state index contributed by atoms with van der Waals surface area (Å²) in [5, 5.41) is 0. The summed E-state index contributed by atoms with van der Waals surface area (Å²) in [6.45, 7) is 3.45. The van der Waals surface area contributed by atoms with Gasteiger partial charge in [-0.15, -0.1) is 0 Å². The second kappa shape index (κ2) is 8.81. The van der Waals surface area contributed by atoms with Crippen molar-refractivity contribution in [1.29, 1.82) is 0 Å². The average Bonchev–Trinajstić information content (AvgIpc) is 2.77. The van der Waals surface area contributed by atoms with Crippen molar-refractivity contribution in [3.05, 3.63) is 47.8 Å². The van der Waals surface area contributed by atoms with Gasteiger partial charge in [0.15, 0.2) is 0 Å². The number of piperazine rings is 1. The molecule has 2 aromatic rings. The van der Waals surface area contributed by atoms with E-state index in [1.807, 2.05) is 11.0 Å². The van der Waals surface area contributed by atoms with E-state index in [9.17, 15) is 17.2 Å². The minimum absolute atomic E-state index is 0.153. The first-order valence-corrected chi connectivity index (χ1v) is 11.8. The van der Waals surface area contributed by atoms with Crippen LogP contribution in [0.15, 0.2) is 30.6 Å². The third-order valence-corrected chi connectivity index (χ3v) is 7.45. The van der Waals surface area contributed by atoms with E-state index in [1.165, 1.54) is 10.7 Å². The van der Waals surface area contributed by atoms with Crippen LogP contribution in [-0.4, -0.2) is 62.0 Å². The fraction of sp³-hybridized carbons (Fsp3) is 0.500. The quantitative estimate of drug-likeness (QED) is 0.716. The van der Waals surface area contributed by atoms with Crippen molar-refractivity contribution >= 4 is 21.7 Å². The van der Waals surface area contributed by atoms with Crippen LogP contribution < -0.4 is 9.80 Å². The molecule has 3 heterocycles. The van der Waals surface area contributed by atoms with Crippen LogP contribution in [0.5, 0.6) is 0 Å². The summed E-state index contributed by atoms with van der Waals surface area (Å²) in [5.74, 6) is -0.247. The summed E-state index contributed by atoms with van der Waals surface area (Å²) in [7, 11) is -3.75. The molecular weight excluding hydrogens is 412 g/mol. The highest BCUT2D eigenvalue weighted by molar-refractivity contribution is 7.88. The highest BCUT2D eigenvalue weighted by atomic mass is 32.2. The van der Waals surface area contributed by atoms with Gasteiger partial charge in [0.1, 0.15) is 29.6 Å². The molecule has 0 N–H and O–H groups in total. The van der Waals surface area contributed by atoms with Crippen molar-refractivity contribution in [2.75, 3.05) is 49.1 Å². The number of hydrogen-bond acceptors (Lipinski definition) is 6. The molecule has 1 aromatic heterocycles. The van der Waals surface area contributed by atoms with E-state index in [4.69, 9.17) is 0 Å². The van der Waals surface area contributed by atoms with Crippen LogP contribution in [0.3, 0.4) is 0 Å². The van der Waals surface area contributed by atoms with E-state index in [-0.39, 0.29) is 18.7 Å². The molecule has 10 heteroatoms. The number of rotatable bonds is 5. The highest BCUT2D eigenvalue weighted by Gasteiger charge is 2.29. The second-order valence-corrected chi connectivity index (χ2v) is 9.63. The number of sulfonamides is 1. The molecule has 4 rings (SSSR count). The minimum atomic E-state index is -3.75. The molecular formula is C20H25F2N5O2S. The van der Waals surface area contributed by atoms with Crippen LogP contribution in [0.4, 0.5) is 20.4 Å². The summed E-state index contributed by atoms with van der Waals surface area (Å²) in [5.41, 5.74) is -0.153. The first-order chi connectivity index (χ1) is 14.4. The van der Waals surface area contributed by atoms with Crippen LogP contribution in [0.2, 0.25) is 0 Å². The molecule has 2 aliphatic heterocycles. The molecule has 0 saturated carbocycles. The van der Waals surface area contributed by atoms with Gasteiger partial charge >= 0.3 is 0 Å². The van der Waals surface area contributed by atoms with Gasteiger partial charge in [0, 0.05) is 50.9 Å². The topological polar surface area (TPSA) is 69.6 Å². The fourth-order valence-corrected chi connectivity index (χ4v) is 5.46. The van der Waals surface area contributed by atoms with E-state index in [0.29, 0.717) is 13.1 Å². The number of anilines is 2. The van der Waals surface area contributed by atoms with Crippen molar-refractivity contribution in [3.63, 3.8) is 0 Å². The summed E-state index contributed by atoms with van der Waals surface area (Å²) in [4.78, 5) is 13.0. The van der Waals surface area contributed by atoms with Gasteiger partial charge in [0.25, 0.3) is 0 Å². The molecule has 2 saturated heterocycles. The van der Waals surface area contributed by atoms with Crippen LogP contribution >= 0.6 is 0 Å². The average molecular weight is 438 g/mol. The van der Waals surface area contributed by atoms with E-state index in [0.717, 1.165) is 55.8 Å². The molecule has 0 bridgehead atoms. The lowest BCUT2D eigenvalue weighted by Crippen LogP contribution is -2.49. The van der Waals surface area contributed by atoms with Gasteiger partial charge in [-0.1, -0.05) is 0 Å². The largest absolute Gasteiger partial charge is 0.356 e. The number of aromatic nitrogens is 2. The number of hydrogen-bond donors (Lipinski definition) is 0. The molecule has 0 amide bonds. The molecule has 0 unspecified atom stereocenters. The molecule has 0 aliphatic carbocycles. The zero-order valence-electron chi connectivity index (χ0n) is 16.7.